The SMILES string of the molecule is CC(CNC1CCc2cc(Br)ccc2C1)C(C)(C)C. The second-order valence-electron chi connectivity index (χ2n) is 7.03. The molecule has 0 spiro atoms. The molecule has 0 fully saturated rings. The van der Waals surface area contributed by atoms with Crippen LogP contribution in [-0.2, 0) is 12.8 Å². The molecule has 2 unspecified atom stereocenters. The molecular formula is C17H26BrN. The van der Waals surface area contributed by atoms with Crippen molar-refractivity contribution in [2.45, 2.75) is 53.0 Å². The minimum Gasteiger partial charge on any atom is -0.313 e. The van der Waals surface area contributed by atoms with Gasteiger partial charge in [0.05, 0.1) is 0 Å². The van der Waals surface area contributed by atoms with Gasteiger partial charge in [0.15, 0.2) is 0 Å². The fourth-order valence-electron chi connectivity index (χ4n) is 2.55. The first-order valence-corrected chi connectivity index (χ1v) is 8.16. The normalized spacial score (nSPS) is 21.0. The summed E-state index contributed by atoms with van der Waals surface area (Å²) < 4.78 is 1.21. The van der Waals surface area contributed by atoms with Gasteiger partial charge >= 0.3 is 0 Å². The molecule has 2 heteroatoms. The van der Waals surface area contributed by atoms with Gasteiger partial charge in [-0.05, 0) is 60.4 Å². The Morgan fingerprint density at radius 1 is 1.32 bits per heavy atom. The van der Waals surface area contributed by atoms with E-state index in [1.807, 2.05) is 0 Å². The quantitative estimate of drug-likeness (QED) is 0.858. The van der Waals surface area contributed by atoms with Crippen LogP contribution in [0.4, 0.5) is 0 Å². The van der Waals surface area contributed by atoms with Crippen LogP contribution in [0.1, 0.15) is 45.2 Å². The van der Waals surface area contributed by atoms with E-state index >= 15 is 0 Å². The largest absolute Gasteiger partial charge is 0.313 e. The van der Waals surface area contributed by atoms with E-state index in [0.717, 1.165) is 6.54 Å². The summed E-state index contributed by atoms with van der Waals surface area (Å²) in [5, 5.41) is 3.77. The molecule has 1 aliphatic rings. The van der Waals surface area contributed by atoms with Gasteiger partial charge in [-0.3, -0.25) is 0 Å². The maximum Gasteiger partial charge on any atom is 0.0178 e. The molecule has 19 heavy (non-hydrogen) atoms. The average Bonchev–Trinajstić information content (AvgIpc) is 2.34. The van der Waals surface area contributed by atoms with Crippen LogP contribution >= 0.6 is 15.9 Å². The average molecular weight is 324 g/mol. The van der Waals surface area contributed by atoms with Crippen LogP contribution in [0.5, 0.6) is 0 Å². The first kappa shape index (κ1) is 15.1. The van der Waals surface area contributed by atoms with Crippen LogP contribution in [0.3, 0.4) is 0 Å². The molecular weight excluding hydrogens is 298 g/mol. The molecule has 0 aliphatic heterocycles. The number of fused-ring (bicyclic) bond motifs is 1. The van der Waals surface area contributed by atoms with Gasteiger partial charge in [0.25, 0.3) is 0 Å². The number of nitrogens with one attached hydrogen (secondary N) is 1. The third kappa shape index (κ3) is 4.06. The Bertz CT molecular complexity index is 433. The molecule has 2 atom stereocenters. The van der Waals surface area contributed by atoms with Crippen LogP contribution in [0.15, 0.2) is 22.7 Å². The monoisotopic (exact) mass is 323 g/mol. The maximum absolute atomic E-state index is 3.77. The van der Waals surface area contributed by atoms with E-state index in [1.165, 1.54) is 34.9 Å². The molecule has 1 nitrogen and oxygen atoms in total. The lowest BCUT2D eigenvalue weighted by atomic mass is 9.81. The van der Waals surface area contributed by atoms with Gasteiger partial charge in [-0.1, -0.05) is 49.7 Å². The minimum atomic E-state index is 0.393. The smallest absolute Gasteiger partial charge is 0.0178 e. The van der Waals surface area contributed by atoms with Crippen molar-refractivity contribution in [2.75, 3.05) is 6.54 Å². The van der Waals surface area contributed by atoms with E-state index in [0.29, 0.717) is 17.4 Å². The van der Waals surface area contributed by atoms with E-state index in [-0.39, 0.29) is 0 Å². The van der Waals surface area contributed by atoms with Crippen LogP contribution in [0.25, 0.3) is 0 Å². The van der Waals surface area contributed by atoms with Crippen molar-refractivity contribution in [2.24, 2.45) is 11.3 Å². The molecule has 1 N–H and O–H groups in total. The fourth-order valence-corrected chi connectivity index (χ4v) is 2.96. The molecule has 0 amide bonds. The highest BCUT2D eigenvalue weighted by Crippen LogP contribution is 2.27. The fraction of sp³-hybridized carbons (Fsp3) is 0.647. The van der Waals surface area contributed by atoms with E-state index in [4.69, 9.17) is 0 Å². The highest BCUT2D eigenvalue weighted by molar-refractivity contribution is 9.10. The van der Waals surface area contributed by atoms with E-state index < -0.39 is 0 Å². The lowest BCUT2D eigenvalue weighted by Gasteiger charge is -2.31. The molecule has 0 bridgehead atoms. The summed E-state index contributed by atoms with van der Waals surface area (Å²) in [7, 11) is 0. The van der Waals surface area contributed by atoms with Crippen molar-refractivity contribution in [3.63, 3.8) is 0 Å². The standard InChI is InChI=1S/C17H26BrN/c1-12(17(2,3)4)11-19-16-8-6-13-9-15(18)7-5-14(13)10-16/h5,7,9,12,16,19H,6,8,10-11H2,1-4H3. The van der Waals surface area contributed by atoms with Gasteiger partial charge < -0.3 is 5.32 Å². The van der Waals surface area contributed by atoms with Gasteiger partial charge in [0.2, 0.25) is 0 Å². The maximum atomic E-state index is 3.77. The summed E-state index contributed by atoms with van der Waals surface area (Å²) in [6.45, 7) is 10.5. The zero-order valence-electron chi connectivity index (χ0n) is 12.6. The molecule has 0 radical (unpaired) electrons. The van der Waals surface area contributed by atoms with Crippen molar-refractivity contribution >= 4 is 15.9 Å². The van der Waals surface area contributed by atoms with Crippen LogP contribution in [0, 0.1) is 11.3 Å². The van der Waals surface area contributed by atoms with Gasteiger partial charge in [0, 0.05) is 10.5 Å². The summed E-state index contributed by atoms with van der Waals surface area (Å²) in [6.07, 6.45) is 3.65. The Morgan fingerprint density at radius 2 is 2.05 bits per heavy atom. The highest BCUT2D eigenvalue weighted by Gasteiger charge is 2.23. The van der Waals surface area contributed by atoms with Gasteiger partial charge in [0.1, 0.15) is 0 Å². The third-order valence-electron chi connectivity index (χ3n) is 4.59. The Kier molecular flexibility index (Phi) is 4.73. The van der Waals surface area contributed by atoms with E-state index in [2.05, 4.69) is 67.1 Å². The van der Waals surface area contributed by atoms with E-state index in [1.54, 1.807) is 0 Å². The number of hydrogen-bond donors (Lipinski definition) is 1. The number of hydrogen-bond acceptors (Lipinski definition) is 1. The summed E-state index contributed by atoms with van der Waals surface area (Å²) in [6, 6.07) is 7.38. The van der Waals surface area contributed by atoms with Crippen LogP contribution in [0.2, 0.25) is 0 Å². The zero-order valence-corrected chi connectivity index (χ0v) is 14.2. The minimum absolute atomic E-state index is 0.393. The van der Waals surface area contributed by atoms with Crippen molar-refractivity contribution in [1.29, 1.82) is 0 Å². The van der Waals surface area contributed by atoms with Gasteiger partial charge in [-0.15, -0.1) is 0 Å². The summed E-state index contributed by atoms with van der Waals surface area (Å²) in [5.41, 5.74) is 3.44. The van der Waals surface area contributed by atoms with Crippen LogP contribution in [-0.4, -0.2) is 12.6 Å². The molecule has 0 aromatic heterocycles. The zero-order chi connectivity index (χ0) is 14.0. The predicted octanol–water partition coefficient (Wildman–Crippen LogP) is 4.58. The molecule has 0 heterocycles. The number of aryl methyl sites for hydroxylation is 1. The van der Waals surface area contributed by atoms with Crippen molar-refractivity contribution in [1.82, 2.24) is 5.32 Å². The molecule has 1 aromatic carbocycles. The molecule has 0 saturated heterocycles. The number of halogens is 1. The topological polar surface area (TPSA) is 12.0 Å². The van der Waals surface area contributed by atoms with Gasteiger partial charge in [-0.25, -0.2) is 0 Å². The number of benzene rings is 1. The lowest BCUT2D eigenvalue weighted by molar-refractivity contribution is 0.242. The first-order chi connectivity index (χ1) is 8.86. The second kappa shape index (κ2) is 5.97. The molecule has 1 aliphatic carbocycles. The Balaban J connectivity index is 1.90. The summed E-state index contributed by atoms with van der Waals surface area (Å²) in [5.74, 6) is 0.707. The Hall–Kier alpha value is -0.340. The molecule has 106 valence electrons. The van der Waals surface area contributed by atoms with Crippen molar-refractivity contribution < 1.29 is 0 Å². The molecule has 2 rings (SSSR count). The lowest BCUT2D eigenvalue weighted by Crippen LogP contribution is -2.39. The van der Waals surface area contributed by atoms with E-state index in [9.17, 15) is 0 Å². The number of rotatable bonds is 3. The Morgan fingerprint density at radius 3 is 2.74 bits per heavy atom. The summed E-state index contributed by atoms with van der Waals surface area (Å²) in [4.78, 5) is 0. The molecule has 0 saturated carbocycles. The predicted molar refractivity (Wildman–Crippen MR) is 86.6 cm³/mol. The van der Waals surface area contributed by atoms with Crippen LogP contribution < -0.4 is 5.32 Å². The summed E-state index contributed by atoms with van der Waals surface area (Å²) >= 11 is 3.56. The van der Waals surface area contributed by atoms with Crippen molar-refractivity contribution in [3.05, 3.63) is 33.8 Å². The molecule has 1 aromatic rings. The third-order valence-corrected chi connectivity index (χ3v) is 5.08. The highest BCUT2D eigenvalue weighted by atomic mass is 79.9. The second-order valence-corrected chi connectivity index (χ2v) is 7.94. The van der Waals surface area contributed by atoms with Crippen molar-refractivity contribution in [3.8, 4) is 0 Å². The first-order valence-electron chi connectivity index (χ1n) is 7.37. The van der Waals surface area contributed by atoms with Gasteiger partial charge in [-0.2, -0.15) is 0 Å². The Labute approximate surface area is 126 Å².